The zero-order valence-electron chi connectivity index (χ0n) is 10.5. The molecule has 0 aliphatic carbocycles. The molecule has 2 rings (SSSR count). The standard InChI is InChI=1S/C13H12Cl2N2O2S/c1-8-2-3-9(16)6-13(8)20(18,19)17-10-4-5-11(14)12(15)7-10/h2-7,17H,16H2,1H3. The summed E-state index contributed by atoms with van der Waals surface area (Å²) < 4.78 is 27.1. The Balaban J connectivity index is 2.40. The Labute approximate surface area is 127 Å². The van der Waals surface area contributed by atoms with Gasteiger partial charge in [0, 0.05) is 5.69 Å². The van der Waals surface area contributed by atoms with Crippen molar-refractivity contribution in [3.63, 3.8) is 0 Å². The van der Waals surface area contributed by atoms with Crippen molar-refractivity contribution in [1.82, 2.24) is 0 Å². The molecule has 2 aromatic carbocycles. The Morgan fingerprint density at radius 3 is 2.40 bits per heavy atom. The maximum Gasteiger partial charge on any atom is 0.262 e. The molecule has 0 radical (unpaired) electrons. The van der Waals surface area contributed by atoms with E-state index in [9.17, 15) is 8.42 Å². The van der Waals surface area contributed by atoms with Crippen LogP contribution in [0, 0.1) is 6.92 Å². The molecule has 0 saturated heterocycles. The second-order valence-corrected chi connectivity index (χ2v) is 6.72. The highest BCUT2D eigenvalue weighted by Crippen LogP contribution is 2.27. The zero-order chi connectivity index (χ0) is 14.9. The molecule has 7 heteroatoms. The lowest BCUT2D eigenvalue weighted by Gasteiger charge is -2.11. The van der Waals surface area contributed by atoms with Crippen LogP contribution in [0.5, 0.6) is 0 Å². The van der Waals surface area contributed by atoms with Crippen LogP contribution in [0.2, 0.25) is 10.0 Å². The molecular weight excluding hydrogens is 319 g/mol. The second kappa shape index (κ2) is 5.52. The molecule has 3 N–H and O–H groups in total. The molecule has 4 nitrogen and oxygen atoms in total. The Morgan fingerprint density at radius 2 is 1.75 bits per heavy atom. The van der Waals surface area contributed by atoms with Gasteiger partial charge in [0.25, 0.3) is 10.0 Å². The molecule has 2 aromatic rings. The van der Waals surface area contributed by atoms with Gasteiger partial charge in [-0.25, -0.2) is 8.42 Å². The van der Waals surface area contributed by atoms with E-state index in [0.717, 1.165) is 0 Å². The largest absolute Gasteiger partial charge is 0.399 e. The second-order valence-electron chi connectivity index (χ2n) is 4.26. The first-order valence-corrected chi connectivity index (χ1v) is 7.87. The number of hydrogen-bond donors (Lipinski definition) is 2. The van der Waals surface area contributed by atoms with Crippen molar-refractivity contribution in [2.24, 2.45) is 0 Å². The molecule has 0 fully saturated rings. The predicted molar refractivity (Wildman–Crippen MR) is 82.9 cm³/mol. The lowest BCUT2D eigenvalue weighted by molar-refractivity contribution is 0.600. The van der Waals surface area contributed by atoms with Crippen molar-refractivity contribution in [2.75, 3.05) is 10.5 Å². The highest BCUT2D eigenvalue weighted by molar-refractivity contribution is 7.92. The molecule has 0 heterocycles. The Hall–Kier alpha value is -1.43. The van der Waals surface area contributed by atoms with E-state index in [1.807, 2.05) is 0 Å². The van der Waals surface area contributed by atoms with Crippen LogP contribution in [0.4, 0.5) is 11.4 Å². The zero-order valence-corrected chi connectivity index (χ0v) is 12.9. The summed E-state index contributed by atoms with van der Waals surface area (Å²) in [6, 6.07) is 9.21. The number of nitrogens with two attached hydrogens (primary N) is 1. The SMILES string of the molecule is Cc1ccc(N)cc1S(=O)(=O)Nc1ccc(Cl)c(Cl)c1. The summed E-state index contributed by atoms with van der Waals surface area (Å²) in [5, 5.41) is 0.630. The van der Waals surface area contributed by atoms with Crippen LogP contribution < -0.4 is 10.5 Å². The quantitative estimate of drug-likeness (QED) is 0.843. The lowest BCUT2D eigenvalue weighted by atomic mass is 10.2. The molecule has 0 unspecified atom stereocenters. The monoisotopic (exact) mass is 330 g/mol. The molecule has 0 aliphatic rings. The highest BCUT2D eigenvalue weighted by atomic mass is 35.5. The summed E-state index contributed by atoms with van der Waals surface area (Å²) in [4.78, 5) is 0.128. The van der Waals surface area contributed by atoms with Gasteiger partial charge in [0.15, 0.2) is 0 Å². The van der Waals surface area contributed by atoms with Crippen LogP contribution in [0.25, 0.3) is 0 Å². The fourth-order valence-corrected chi connectivity index (χ4v) is 3.30. The van der Waals surface area contributed by atoms with Crippen LogP contribution in [0.15, 0.2) is 41.3 Å². The van der Waals surface area contributed by atoms with Gasteiger partial charge in [0.05, 0.1) is 20.6 Å². The molecule has 0 bridgehead atoms. The smallest absolute Gasteiger partial charge is 0.262 e. The van der Waals surface area contributed by atoms with Gasteiger partial charge >= 0.3 is 0 Å². The van der Waals surface area contributed by atoms with Gasteiger partial charge in [-0.15, -0.1) is 0 Å². The average Bonchev–Trinajstić information content (AvgIpc) is 2.36. The fourth-order valence-electron chi connectivity index (χ4n) is 1.68. The van der Waals surface area contributed by atoms with Gasteiger partial charge in [0.1, 0.15) is 0 Å². The van der Waals surface area contributed by atoms with Crippen molar-refractivity contribution in [3.8, 4) is 0 Å². The predicted octanol–water partition coefficient (Wildman–Crippen LogP) is 3.68. The Morgan fingerprint density at radius 1 is 1.05 bits per heavy atom. The van der Waals surface area contributed by atoms with Crippen LogP contribution in [0.1, 0.15) is 5.56 Å². The maximum absolute atomic E-state index is 12.3. The number of rotatable bonds is 3. The van der Waals surface area contributed by atoms with Gasteiger partial charge in [-0.05, 0) is 42.8 Å². The summed E-state index contributed by atoms with van der Waals surface area (Å²) in [5.41, 5.74) is 6.95. The first-order chi connectivity index (χ1) is 9.29. The van der Waals surface area contributed by atoms with E-state index in [1.54, 1.807) is 19.1 Å². The molecule has 106 valence electrons. The molecule has 0 amide bonds. The van der Waals surface area contributed by atoms with Crippen LogP contribution in [-0.4, -0.2) is 8.42 Å². The minimum Gasteiger partial charge on any atom is -0.399 e. The van der Waals surface area contributed by atoms with Crippen molar-refractivity contribution in [3.05, 3.63) is 52.0 Å². The average molecular weight is 331 g/mol. The molecule has 0 saturated carbocycles. The van der Waals surface area contributed by atoms with E-state index in [2.05, 4.69) is 4.72 Å². The van der Waals surface area contributed by atoms with Gasteiger partial charge in [-0.2, -0.15) is 0 Å². The Bertz CT molecular complexity index is 761. The minimum atomic E-state index is -3.73. The summed E-state index contributed by atoms with van der Waals surface area (Å²) in [5.74, 6) is 0. The van der Waals surface area contributed by atoms with Crippen LogP contribution >= 0.6 is 23.2 Å². The van der Waals surface area contributed by atoms with Crippen molar-refractivity contribution >= 4 is 44.6 Å². The first-order valence-electron chi connectivity index (χ1n) is 5.63. The van der Waals surface area contributed by atoms with E-state index < -0.39 is 10.0 Å². The molecule has 0 aromatic heterocycles. The number of hydrogen-bond acceptors (Lipinski definition) is 3. The maximum atomic E-state index is 12.3. The third kappa shape index (κ3) is 3.17. The number of nitrogens with one attached hydrogen (secondary N) is 1. The van der Waals surface area contributed by atoms with Crippen LogP contribution in [0.3, 0.4) is 0 Å². The summed E-state index contributed by atoms with van der Waals surface area (Å²) in [6.45, 7) is 1.70. The number of sulfonamides is 1. The number of anilines is 2. The minimum absolute atomic E-state index is 0.128. The molecule has 0 aliphatic heterocycles. The van der Waals surface area contributed by atoms with Gasteiger partial charge < -0.3 is 5.73 Å². The number of benzene rings is 2. The lowest BCUT2D eigenvalue weighted by Crippen LogP contribution is -2.14. The molecule has 0 spiro atoms. The van der Waals surface area contributed by atoms with E-state index in [1.165, 1.54) is 24.3 Å². The third-order valence-electron chi connectivity index (χ3n) is 2.67. The number of aryl methyl sites for hydroxylation is 1. The normalized spacial score (nSPS) is 11.3. The third-order valence-corrected chi connectivity index (χ3v) is 4.94. The molecule has 20 heavy (non-hydrogen) atoms. The molecular formula is C13H12Cl2N2O2S. The van der Waals surface area contributed by atoms with Crippen molar-refractivity contribution in [1.29, 1.82) is 0 Å². The van der Waals surface area contributed by atoms with E-state index in [-0.39, 0.29) is 9.92 Å². The first kappa shape index (κ1) is 15.0. The fraction of sp³-hybridized carbons (Fsp3) is 0.0769. The summed E-state index contributed by atoms with van der Waals surface area (Å²) in [7, 11) is -3.73. The van der Waals surface area contributed by atoms with Gasteiger partial charge in [0.2, 0.25) is 0 Å². The number of nitrogen functional groups attached to an aromatic ring is 1. The highest BCUT2D eigenvalue weighted by Gasteiger charge is 2.17. The Kier molecular flexibility index (Phi) is 4.13. The van der Waals surface area contributed by atoms with E-state index in [0.29, 0.717) is 22.0 Å². The van der Waals surface area contributed by atoms with Gasteiger partial charge in [-0.1, -0.05) is 29.3 Å². The van der Waals surface area contributed by atoms with E-state index >= 15 is 0 Å². The summed E-state index contributed by atoms with van der Waals surface area (Å²) >= 11 is 11.6. The molecule has 0 atom stereocenters. The summed E-state index contributed by atoms with van der Waals surface area (Å²) in [6.07, 6.45) is 0. The van der Waals surface area contributed by atoms with Gasteiger partial charge in [-0.3, -0.25) is 4.72 Å². The van der Waals surface area contributed by atoms with Crippen LogP contribution in [-0.2, 0) is 10.0 Å². The topological polar surface area (TPSA) is 72.2 Å². The van der Waals surface area contributed by atoms with Crippen molar-refractivity contribution < 1.29 is 8.42 Å². The number of halogens is 2. The van der Waals surface area contributed by atoms with Crippen molar-refractivity contribution in [2.45, 2.75) is 11.8 Å². The van der Waals surface area contributed by atoms with E-state index in [4.69, 9.17) is 28.9 Å².